The summed E-state index contributed by atoms with van der Waals surface area (Å²) in [6.45, 7) is 7.18. The number of rotatable bonds is 13. The zero-order valence-corrected chi connectivity index (χ0v) is 18.3. The van der Waals surface area contributed by atoms with Crippen molar-refractivity contribution in [2.75, 3.05) is 18.5 Å². The minimum atomic E-state index is -3.41. The van der Waals surface area contributed by atoms with Crippen LogP contribution < -0.4 is 5.32 Å². The number of hydrogen-bond donors (Lipinski definition) is 1. The fraction of sp³-hybridized carbons (Fsp3) is 0.478. The van der Waals surface area contributed by atoms with Crippen LogP contribution in [0.1, 0.15) is 63.4 Å². The summed E-state index contributed by atoms with van der Waals surface area (Å²) in [6, 6.07) is 18.0. The standard InChI is InChI=1S/C23H34NO3P/c1-4-7-18-26-28(25,27-19-8-5-2)23(21-12-10-9-11-13-21)24-22-16-14-20(6-3)15-17-22/h9-17,23-24H,4-8,18-19H2,1-3H3/t23-/m0/s1. The van der Waals surface area contributed by atoms with E-state index in [1.807, 2.05) is 42.5 Å². The van der Waals surface area contributed by atoms with Gasteiger partial charge in [-0.3, -0.25) is 4.57 Å². The highest BCUT2D eigenvalue weighted by Crippen LogP contribution is 2.61. The second-order valence-electron chi connectivity index (χ2n) is 6.92. The number of anilines is 1. The fourth-order valence-corrected chi connectivity index (χ4v) is 4.82. The predicted molar refractivity (Wildman–Crippen MR) is 118 cm³/mol. The summed E-state index contributed by atoms with van der Waals surface area (Å²) in [5.41, 5.74) is 3.08. The SMILES string of the molecule is CCCCOP(=O)(OCCCC)[C@H](Nc1ccc(CC)cc1)c1ccccc1. The smallest absolute Gasteiger partial charge is 0.357 e. The van der Waals surface area contributed by atoms with Crippen LogP contribution in [0.15, 0.2) is 54.6 Å². The van der Waals surface area contributed by atoms with Crippen LogP contribution in [0.2, 0.25) is 0 Å². The Labute approximate surface area is 170 Å². The average Bonchev–Trinajstić information content (AvgIpc) is 2.73. The third kappa shape index (κ3) is 6.77. The van der Waals surface area contributed by atoms with Crippen molar-refractivity contribution in [3.8, 4) is 0 Å². The van der Waals surface area contributed by atoms with Crippen LogP contribution in [-0.4, -0.2) is 13.2 Å². The van der Waals surface area contributed by atoms with Gasteiger partial charge in [0.1, 0.15) is 0 Å². The Morgan fingerprint density at radius 2 is 1.43 bits per heavy atom. The van der Waals surface area contributed by atoms with Crippen LogP contribution in [0.4, 0.5) is 5.69 Å². The van der Waals surface area contributed by atoms with Crippen molar-refractivity contribution in [1.29, 1.82) is 0 Å². The first kappa shape index (κ1) is 22.7. The van der Waals surface area contributed by atoms with E-state index < -0.39 is 13.4 Å². The monoisotopic (exact) mass is 403 g/mol. The summed E-state index contributed by atoms with van der Waals surface area (Å²) < 4.78 is 25.7. The molecule has 5 heteroatoms. The normalized spacial score (nSPS) is 12.7. The largest absolute Gasteiger partial charge is 0.368 e. The van der Waals surface area contributed by atoms with E-state index in [0.717, 1.165) is 43.4 Å². The van der Waals surface area contributed by atoms with Crippen LogP contribution in [0.3, 0.4) is 0 Å². The molecule has 0 radical (unpaired) electrons. The van der Waals surface area contributed by atoms with Gasteiger partial charge in [0.05, 0.1) is 13.2 Å². The van der Waals surface area contributed by atoms with Gasteiger partial charge in [-0.25, -0.2) is 0 Å². The molecule has 2 rings (SSSR count). The molecule has 0 unspecified atom stereocenters. The van der Waals surface area contributed by atoms with Crippen molar-refractivity contribution in [3.05, 3.63) is 65.7 Å². The molecule has 28 heavy (non-hydrogen) atoms. The summed E-state index contributed by atoms with van der Waals surface area (Å²) in [5.74, 6) is -0.546. The lowest BCUT2D eigenvalue weighted by Gasteiger charge is -2.29. The Morgan fingerprint density at radius 1 is 0.857 bits per heavy atom. The van der Waals surface area contributed by atoms with Gasteiger partial charge < -0.3 is 14.4 Å². The summed E-state index contributed by atoms with van der Waals surface area (Å²) in [7, 11) is -3.41. The predicted octanol–water partition coefficient (Wildman–Crippen LogP) is 7.19. The van der Waals surface area contributed by atoms with Gasteiger partial charge in [0.2, 0.25) is 0 Å². The Balaban J connectivity index is 2.32. The molecule has 0 heterocycles. The average molecular weight is 404 g/mol. The summed E-state index contributed by atoms with van der Waals surface area (Å²) in [5, 5.41) is 3.43. The topological polar surface area (TPSA) is 47.6 Å². The van der Waals surface area contributed by atoms with E-state index in [9.17, 15) is 4.57 Å². The van der Waals surface area contributed by atoms with E-state index >= 15 is 0 Å². The molecule has 1 N–H and O–H groups in total. The molecule has 2 aromatic carbocycles. The first-order valence-electron chi connectivity index (χ1n) is 10.4. The van der Waals surface area contributed by atoms with Crippen molar-refractivity contribution in [1.82, 2.24) is 0 Å². The molecule has 4 nitrogen and oxygen atoms in total. The van der Waals surface area contributed by atoms with E-state index in [0.29, 0.717) is 13.2 Å². The summed E-state index contributed by atoms with van der Waals surface area (Å²) in [4.78, 5) is 0. The van der Waals surface area contributed by atoms with E-state index in [4.69, 9.17) is 9.05 Å². The number of aryl methyl sites for hydroxylation is 1. The number of benzene rings is 2. The van der Waals surface area contributed by atoms with E-state index in [2.05, 4.69) is 38.2 Å². The van der Waals surface area contributed by atoms with Crippen molar-refractivity contribution in [2.45, 2.75) is 58.7 Å². The lowest BCUT2D eigenvalue weighted by atomic mass is 10.1. The van der Waals surface area contributed by atoms with Crippen molar-refractivity contribution in [3.63, 3.8) is 0 Å². The zero-order valence-electron chi connectivity index (χ0n) is 17.4. The van der Waals surface area contributed by atoms with Gasteiger partial charge in [0.25, 0.3) is 0 Å². The van der Waals surface area contributed by atoms with Gasteiger partial charge in [0.15, 0.2) is 5.78 Å². The van der Waals surface area contributed by atoms with E-state index in [1.165, 1.54) is 5.56 Å². The van der Waals surface area contributed by atoms with Crippen LogP contribution in [0.5, 0.6) is 0 Å². The van der Waals surface area contributed by atoms with E-state index in [-0.39, 0.29) is 0 Å². The second-order valence-corrected chi connectivity index (χ2v) is 9.03. The highest BCUT2D eigenvalue weighted by molar-refractivity contribution is 7.54. The minimum absolute atomic E-state index is 0.430. The van der Waals surface area contributed by atoms with Crippen molar-refractivity contribution < 1.29 is 13.6 Å². The molecular weight excluding hydrogens is 369 g/mol. The molecule has 0 spiro atoms. The highest BCUT2D eigenvalue weighted by Gasteiger charge is 2.37. The lowest BCUT2D eigenvalue weighted by molar-refractivity contribution is 0.194. The molecule has 0 amide bonds. The summed E-state index contributed by atoms with van der Waals surface area (Å²) in [6.07, 6.45) is 4.66. The highest BCUT2D eigenvalue weighted by atomic mass is 31.2. The maximum atomic E-state index is 13.9. The lowest BCUT2D eigenvalue weighted by Crippen LogP contribution is -2.16. The molecule has 0 aliphatic heterocycles. The molecular formula is C23H34NO3P. The Hall–Kier alpha value is -1.61. The Kier molecular flexibility index (Phi) is 9.77. The summed E-state index contributed by atoms with van der Waals surface area (Å²) >= 11 is 0. The van der Waals surface area contributed by atoms with Gasteiger partial charge in [-0.15, -0.1) is 0 Å². The number of nitrogens with one attached hydrogen (secondary N) is 1. The first-order chi connectivity index (χ1) is 13.6. The Bertz CT molecular complexity index is 704. The third-order valence-corrected chi connectivity index (χ3v) is 6.78. The molecule has 0 bridgehead atoms. The van der Waals surface area contributed by atoms with E-state index in [1.54, 1.807) is 0 Å². The van der Waals surface area contributed by atoms with Crippen LogP contribution in [-0.2, 0) is 20.0 Å². The van der Waals surface area contributed by atoms with Gasteiger partial charge in [0, 0.05) is 5.69 Å². The molecule has 0 fully saturated rings. The molecule has 154 valence electrons. The van der Waals surface area contributed by atoms with Crippen LogP contribution >= 0.6 is 7.60 Å². The van der Waals surface area contributed by atoms with Crippen LogP contribution in [0, 0.1) is 0 Å². The molecule has 0 saturated carbocycles. The number of hydrogen-bond acceptors (Lipinski definition) is 4. The van der Waals surface area contributed by atoms with Crippen molar-refractivity contribution >= 4 is 13.3 Å². The van der Waals surface area contributed by atoms with Gasteiger partial charge in [-0.1, -0.05) is 76.1 Å². The molecule has 0 aromatic heterocycles. The van der Waals surface area contributed by atoms with Gasteiger partial charge >= 0.3 is 7.60 Å². The molecule has 1 atom stereocenters. The van der Waals surface area contributed by atoms with Gasteiger partial charge in [-0.2, -0.15) is 0 Å². The van der Waals surface area contributed by atoms with Crippen molar-refractivity contribution in [2.24, 2.45) is 0 Å². The number of unbranched alkanes of at least 4 members (excludes halogenated alkanes) is 2. The molecule has 0 aliphatic carbocycles. The Morgan fingerprint density at radius 3 is 1.93 bits per heavy atom. The second kappa shape index (κ2) is 12.1. The first-order valence-corrected chi connectivity index (χ1v) is 12.0. The van der Waals surface area contributed by atoms with Crippen LogP contribution in [0.25, 0.3) is 0 Å². The molecule has 0 aliphatic rings. The minimum Gasteiger partial charge on any atom is -0.368 e. The fourth-order valence-electron chi connectivity index (χ4n) is 2.83. The maximum absolute atomic E-state index is 13.9. The van der Waals surface area contributed by atoms with Gasteiger partial charge in [-0.05, 0) is 42.5 Å². The molecule has 0 saturated heterocycles. The third-order valence-electron chi connectivity index (χ3n) is 4.64. The maximum Gasteiger partial charge on any atom is 0.357 e. The molecule has 2 aromatic rings. The quantitative estimate of drug-likeness (QED) is 0.284. The zero-order chi connectivity index (χ0) is 20.2.